The van der Waals surface area contributed by atoms with Crippen molar-refractivity contribution >= 4 is 17.7 Å². The van der Waals surface area contributed by atoms with Gasteiger partial charge in [0.2, 0.25) is 11.8 Å². The Morgan fingerprint density at radius 1 is 1.19 bits per heavy atom. The minimum Gasteiger partial charge on any atom is -0.447 e. The minimum absolute atomic E-state index is 0.140. The van der Waals surface area contributed by atoms with Crippen LogP contribution in [-0.4, -0.2) is 51.6 Å². The van der Waals surface area contributed by atoms with Crippen molar-refractivity contribution in [3.05, 3.63) is 52.5 Å². The molecule has 0 bridgehead atoms. The molecule has 0 radical (unpaired) electrons. The van der Waals surface area contributed by atoms with Crippen molar-refractivity contribution in [2.45, 2.75) is 57.7 Å². The fourth-order valence-electron chi connectivity index (χ4n) is 5.10. The molecule has 4 heterocycles. The molecular formula is C23H25FN4O4. The summed E-state index contributed by atoms with van der Waals surface area (Å²) in [6.07, 6.45) is 3.63. The van der Waals surface area contributed by atoms with Crippen molar-refractivity contribution in [3.8, 4) is 0 Å². The van der Waals surface area contributed by atoms with E-state index in [2.05, 4.69) is 15.2 Å². The van der Waals surface area contributed by atoms with Crippen LogP contribution in [0.1, 0.15) is 64.5 Å². The summed E-state index contributed by atoms with van der Waals surface area (Å²) in [5.74, 6) is -0.554. The number of halogens is 1. The van der Waals surface area contributed by atoms with Crippen molar-refractivity contribution < 1.29 is 23.2 Å². The van der Waals surface area contributed by atoms with E-state index in [1.54, 1.807) is 6.07 Å². The first-order chi connectivity index (χ1) is 15.4. The van der Waals surface area contributed by atoms with E-state index in [9.17, 15) is 18.8 Å². The Morgan fingerprint density at radius 3 is 2.66 bits per heavy atom. The topological polar surface area (TPSA) is 95.8 Å². The number of likely N-dealkylation sites (tertiary alicyclic amines) is 1. The number of carbonyl (C=O) groups is 3. The van der Waals surface area contributed by atoms with Gasteiger partial charge in [-0.25, -0.2) is 9.37 Å². The summed E-state index contributed by atoms with van der Waals surface area (Å²) in [5.41, 5.74) is 2.90. The average Bonchev–Trinajstić information content (AvgIpc) is 3.31. The van der Waals surface area contributed by atoms with E-state index in [0.29, 0.717) is 18.5 Å². The largest absolute Gasteiger partial charge is 0.447 e. The smallest absolute Gasteiger partial charge is 0.255 e. The van der Waals surface area contributed by atoms with Gasteiger partial charge in [-0.3, -0.25) is 24.6 Å². The molecule has 9 heteroatoms. The number of oxazole rings is 1. The van der Waals surface area contributed by atoms with Gasteiger partial charge in [-0.05, 0) is 68.5 Å². The lowest BCUT2D eigenvalue weighted by Crippen LogP contribution is -2.52. The monoisotopic (exact) mass is 440 g/mol. The summed E-state index contributed by atoms with van der Waals surface area (Å²) in [6.45, 7) is 4.56. The predicted molar refractivity (Wildman–Crippen MR) is 111 cm³/mol. The number of nitrogens with zero attached hydrogens (tertiary/aromatic N) is 3. The van der Waals surface area contributed by atoms with E-state index in [1.165, 1.54) is 17.4 Å². The number of carbonyl (C=O) groups excluding carboxylic acids is 3. The number of aryl methyl sites for hydroxylation is 1. The average molecular weight is 440 g/mol. The van der Waals surface area contributed by atoms with Crippen molar-refractivity contribution in [1.29, 1.82) is 0 Å². The summed E-state index contributed by atoms with van der Waals surface area (Å²) < 4.78 is 19.9. The lowest BCUT2D eigenvalue weighted by molar-refractivity contribution is -0.136. The van der Waals surface area contributed by atoms with E-state index < -0.39 is 17.8 Å². The number of fused-ring (bicyclic) bond motifs is 1. The molecule has 0 aliphatic carbocycles. The Balaban J connectivity index is 1.33. The first-order valence-corrected chi connectivity index (χ1v) is 11.0. The van der Waals surface area contributed by atoms with Crippen LogP contribution in [0.25, 0.3) is 0 Å². The Hall–Kier alpha value is -3.07. The zero-order valence-corrected chi connectivity index (χ0v) is 17.9. The van der Waals surface area contributed by atoms with Crippen molar-refractivity contribution in [2.75, 3.05) is 13.1 Å². The van der Waals surface area contributed by atoms with E-state index in [-0.39, 0.29) is 30.7 Å². The van der Waals surface area contributed by atoms with Crippen molar-refractivity contribution in [3.63, 3.8) is 0 Å². The third kappa shape index (κ3) is 3.70. The quantitative estimate of drug-likeness (QED) is 0.733. The lowest BCUT2D eigenvalue weighted by atomic mass is 9.85. The second-order valence-electron chi connectivity index (χ2n) is 8.83. The lowest BCUT2D eigenvalue weighted by Gasteiger charge is -2.32. The summed E-state index contributed by atoms with van der Waals surface area (Å²) in [7, 11) is 0. The highest BCUT2D eigenvalue weighted by atomic mass is 19.1. The Bertz CT molecular complexity index is 1090. The SMILES string of the molecule is Cc1ncoc1CN1CCC(c2cc(F)cc3c2CN(C2CCC(=O)NC2=O)C3=O)CC1. The van der Waals surface area contributed by atoms with Gasteiger partial charge in [-0.2, -0.15) is 0 Å². The van der Waals surface area contributed by atoms with Gasteiger partial charge < -0.3 is 9.32 Å². The molecule has 1 N–H and O–H groups in total. The van der Waals surface area contributed by atoms with Gasteiger partial charge >= 0.3 is 0 Å². The third-order valence-corrected chi connectivity index (χ3v) is 6.89. The summed E-state index contributed by atoms with van der Waals surface area (Å²) in [4.78, 5) is 44.8. The summed E-state index contributed by atoms with van der Waals surface area (Å²) in [6, 6.07) is 2.12. The first-order valence-electron chi connectivity index (χ1n) is 11.0. The maximum atomic E-state index is 14.5. The van der Waals surface area contributed by atoms with Gasteiger partial charge in [0.25, 0.3) is 5.91 Å². The maximum absolute atomic E-state index is 14.5. The summed E-state index contributed by atoms with van der Waals surface area (Å²) >= 11 is 0. The molecule has 0 saturated carbocycles. The van der Waals surface area contributed by atoms with Gasteiger partial charge in [0.1, 0.15) is 17.6 Å². The van der Waals surface area contributed by atoms with Crippen LogP contribution >= 0.6 is 0 Å². The third-order valence-electron chi connectivity index (χ3n) is 6.89. The number of piperidine rings is 2. The fourth-order valence-corrected chi connectivity index (χ4v) is 5.10. The normalized spacial score (nSPS) is 22.4. The second-order valence-corrected chi connectivity index (χ2v) is 8.83. The standard InChI is InChI=1S/C23H25FN4O4/c1-13-20(32-12-25-13)11-27-6-4-14(5-7-27)16-8-15(24)9-17-18(16)10-28(23(17)31)19-2-3-21(29)26-22(19)30/h8-9,12,14,19H,2-7,10-11H2,1H3,(H,26,29,30). The van der Waals surface area contributed by atoms with Crippen LogP contribution < -0.4 is 5.32 Å². The van der Waals surface area contributed by atoms with Gasteiger partial charge in [-0.1, -0.05) is 0 Å². The molecule has 3 aliphatic rings. The predicted octanol–water partition coefficient (Wildman–Crippen LogP) is 2.26. The molecule has 1 atom stereocenters. The molecule has 1 aromatic heterocycles. The molecular weight excluding hydrogens is 415 g/mol. The van der Waals surface area contributed by atoms with E-state index in [4.69, 9.17) is 4.42 Å². The molecule has 2 fully saturated rings. The van der Waals surface area contributed by atoms with Gasteiger partial charge in [0.05, 0.1) is 12.2 Å². The van der Waals surface area contributed by atoms with E-state index in [0.717, 1.165) is 48.5 Å². The molecule has 2 aromatic rings. The Labute approximate surface area is 184 Å². The van der Waals surface area contributed by atoms with Crippen molar-refractivity contribution in [2.24, 2.45) is 0 Å². The molecule has 0 spiro atoms. The number of aromatic nitrogens is 1. The molecule has 5 rings (SSSR count). The van der Waals surface area contributed by atoms with E-state index in [1.807, 2.05) is 6.92 Å². The molecule has 168 valence electrons. The van der Waals surface area contributed by atoms with Crippen LogP contribution in [0.5, 0.6) is 0 Å². The first kappa shape index (κ1) is 20.8. The fraction of sp³-hybridized carbons (Fsp3) is 0.478. The van der Waals surface area contributed by atoms with Gasteiger partial charge in [0, 0.05) is 18.5 Å². The minimum atomic E-state index is -0.699. The van der Waals surface area contributed by atoms with Crippen LogP contribution in [-0.2, 0) is 22.7 Å². The highest BCUT2D eigenvalue weighted by Crippen LogP contribution is 2.38. The zero-order chi connectivity index (χ0) is 22.4. The molecule has 2 saturated heterocycles. The molecule has 3 aliphatic heterocycles. The molecule has 1 unspecified atom stereocenters. The van der Waals surface area contributed by atoms with Gasteiger partial charge in [-0.15, -0.1) is 0 Å². The number of amides is 3. The number of hydrogen-bond donors (Lipinski definition) is 1. The second kappa shape index (κ2) is 8.12. The van der Waals surface area contributed by atoms with Gasteiger partial charge in [0.15, 0.2) is 6.39 Å². The number of rotatable bonds is 4. The van der Waals surface area contributed by atoms with Crippen LogP contribution in [0.4, 0.5) is 4.39 Å². The van der Waals surface area contributed by atoms with Crippen molar-refractivity contribution in [1.82, 2.24) is 20.1 Å². The Morgan fingerprint density at radius 2 is 1.97 bits per heavy atom. The zero-order valence-electron chi connectivity index (χ0n) is 17.9. The molecule has 32 heavy (non-hydrogen) atoms. The molecule has 8 nitrogen and oxygen atoms in total. The highest BCUT2D eigenvalue weighted by molar-refractivity contribution is 6.05. The van der Waals surface area contributed by atoms with Crippen LogP contribution in [0.3, 0.4) is 0 Å². The number of nitrogens with one attached hydrogen (secondary N) is 1. The van der Waals surface area contributed by atoms with Crippen LogP contribution in [0.2, 0.25) is 0 Å². The maximum Gasteiger partial charge on any atom is 0.255 e. The number of benzene rings is 1. The molecule has 1 aromatic carbocycles. The Kier molecular flexibility index (Phi) is 5.28. The number of hydrogen-bond acceptors (Lipinski definition) is 6. The highest BCUT2D eigenvalue weighted by Gasteiger charge is 2.41. The molecule has 3 amide bonds. The van der Waals surface area contributed by atoms with Crippen LogP contribution in [0.15, 0.2) is 22.9 Å². The number of imide groups is 1. The van der Waals surface area contributed by atoms with Crippen LogP contribution in [0, 0.1) is 12.7 Å². The summed E-state index contributed by atoms with van der Waals surface area (Å²) in [5, 5.41) is 2.31. The van der Waals surface area contributed by atoms with E-state index >= 15 is 0 Å².